The van der Waals surface area contributed by atoms with Gasteiger partial charge in [-0.25, -0.2) is 9.69 Å². The number of amides is 2. The number of piperidine rings is 1. The number of anilines is 1. The maximum atomic E-state index is 12.0. The Morgan fingerprint density at radius 1 is 1.32 bits per heavy atom. The van der Waals surface area contributed by atoms with Crippen molar-refractivity contribution in [3.8, 4) is 0 Å². The van der Waals surface area contributed by atoms with Crippen LogP contribution in [0, 0.1) is 5.92 Å². The molecule has 2 rings (SSSR count). The fourth-order valence-electron chi connectivity index (χ4n) is 2.08. The molecule has 1 heterocycles. The normalized spacial score (nSPS) is 16.8. The topological polar surface area (TPSA) is 74.7 Å². The van der Waals surface area contributed by atoms with Crippen LogP contribution in [0.15, 0.2) is 22.7 Å². The van der Waals surface area contributed by atoms with E-state index in [1.54, 1.807) is 0 Å². The average molecular weight is 326 g/mol. The third-order valence-electron chi connectivity index (χ3n) is 2.98. The van der Waals surface area contributed by atoms with Gasteiger partial charge in [0.2, 0.25) is 11.8 Å². The maximum absolute atomic E-state index is 12.0. The number of rotatable bonds is 2. The van der Waals surface area contributed by atoms with Crippen LogP contribution < -0.4 is 4.90 Å². The predicted molar refractivity (Wildman–Crippen MR) is 72.0 cm³/mol. The molecule has 0 bridgehead atoms. The lowest BCUT2D eigenvalue weighted by Gasteiger charge is -2.29. The summed E-state index contributed by atoms with van der Waals surface area (Å²) in [5.41, 5.74) is 0.333. The van der Waals surface area contributed by atoms with E-state index in [0.717, 1.165) is 4.90 Å². The molecule has 1 aromatic carbocycles. The number of aromatic carboxylic acids is 1. The molecule has 1 aliphatic heterocycles. The third kappa shape index (κ3) is 2.68. The summed E-state index contributed by atoms with van der Waals surface area (Å²) in [7, 11) is 0. The first-order valence-corrected chi connectivity index (χ1v) is 6.58. The van der Waals surface area contributed by atoms with Crippen LogP contribution in [0.2, 0.25) is 0 Å². The number of nitrogens with zero attached hydrogens (tertiary/aromatic N) is 1. The van der Waals surface area contributed by atoms with E-state index < -0.39 is 5.97 Å². The number of benzene rings is 1. The summed E-state index contributed by atoms with van der Waals surface area (Å²) >= 11 is 3.25. The van der Waals surface area contributed by atoms with E-state index in [4.69, 9.17) is 5.11 Å². The second-order valence-corrected chi connectivity index (χ2v) is 5.46. The highest BCUT2D eigenvalue weighted by molar-refractivity contribution is 9.10. The summed E-state index contributed by atoms with van der Waals surface area (Å²) in [6.07, 6.45) is 0.574. The number of hydrogen-bond acceptors (Lipinski definition) is 3. The molecule has 1 aromatic rings. The first-order chi connectivity index (χ1) is 8.90. The molecule has 0 unspecified atom stereocenters. The van der Waals surface area contributed by atoms with Gasteiger partial charge in [0.25, 0.3) is 0 Å². The molecule has 19 heavy (non-hydrogen) atoms. The fourth-order valence-corrected chi connectivity index (χ4v) is 2.50. The lowest BCUT2D eigenvalue weighted by atomic mass is 9.97. The van der Waals surface area contributed by atoms with Gasteiger partial charge in [0.15, 0.2) is 0 Å². The van der Waals surface area contributed by atoms with E-state index in [1.807, 2.05) is 6.92 Å². The van der Waals surface area contributed by atoms with Gasteiger partial charge in [0.1, 0.15) is 0 Å². The van der Waals surface area contributed by atoms with Crippen molar-refractivity contribution in [2.24, 2.45) is 5.92 Å². The monoisotopic (exact) mass is 325 g/mol. The van der Waals surface area contributed by atoms with Crippen LogP contribution in [0.3, 0.4) is 0 Å². The molecule has 0 radical (unpaired) electrons. The largest absolute Gasteiger partial charge is 0.478 e. The van der Waals surface area contributed by atoms with Gasteiger partial charge in [0.05, 0.1) is 11.3 Å². The van der Waals surface area contributed by atoms with E-state index >= 15 is 0 Å². The van der Waals surface area contributed by atoms with Crippen molar-refractivity contribution in [3.05, 3.63) is 28.2 Å². The number of imide groups is 1. The van der Waals surface area contributed by atoms with Crippen molar-refractivity contribution in [2.45, 2.75) is 19.8 Å². The van der Waals surface area contributed by atoms with E-state index in [-0.39, 0.29) is 36.1 Å². The van der Waals surface area contributed by atoms with Crippen LogP contribution in [0.5, 0.6) is 0 Å². The molecular weight excluding hydrogens is 314 g/mol. The molecule has 2 amide bonds. The second kappa shape index (κ2) is 5.13. The lowest BCUT2D eigenvalue weighted by Crippen LogP contribution is -2.43. The Balaban J connectivity index is 2.45. The highest BCUT2D eigenvalue weighted by Gasteiger charge is 2.32. The van der Waals surface area contributed by atoms with Gasteiger partial charge >= 0.3 is 5.97 Å². The van der Waals surface area contributed by atoms with Crippen LogP contribution in [0.25, 0.3) is 0 Å². The Hall–Kier alpha value is -1.69. The summed E-state index contributed by atoms with van der Waals surface area (Å²) < 4.78 is 0.522. The van der Waals surface area contributed by atoms with Crippen molar-refractivity contribution >= 4 is 39.4 Å². The van der Waals surface area contributed by atoms with Gasteiger partial charge in [0, 0.05) is 17.3 Å². The fraction of sp³-hybridized carbons (Fsp3) is 0.308. The van der Waals surface area contributed by atoms with Crippen LogP contribution in [0.4, 0.5) is 5.69 Å². The molecule has 0 aliphatic carbocycles. The number of carbonyl (C=O) groups is 3. The van der Waals surface area contributed by atoms with Gasteiger partial charge in [-0.2, -0.15) is 0 Å². The Morgan fingerprint density at radius 3 is 2.42 bits per heavy atom. The predicted octanol–water partition coefficient (Wildman–Crippen LogP) is 2.44. The van der Waals surface area contributed by atoms with Crippen LogP contribution in [-0.4, -0.2) is 22.9 Å². The molecule has 100 valence electrons. The minimum absolute atomic E-state index is 0.0256. The van der Waals surface area contributed by atoms with Gasteiger partial charge in [-0.15, -0.1) is 0 Å². The molecule has 6 heteroatoms. The molecule has 5 nitrogen and oxygen atoms in total. The number of hydrogen-bond donors (Lipinski definition) is 1. The van der Waals surface area contributed by atoms with Gasteiger partial charge in [-0.3, -0.25) is 9.59 Å². The van der Waals surface area contributed by atoms with Gasteiger partial charge in [-0.05, 0) is 40.0 Å². The highest BCUT2D eigenvalue weighted by Crippen LogP contribution is 2.32. The molecule has 0 spiro atoms. The van der Waals surface area contributed by atoms with Crippen molar-refractivity contribution < 1.29 is 19.5 Å². The van der Waals surface area contributed by atoms with Crippen LogP contribution in [0.1, 0.15) is 30.1 Å². The average Bonchev–Trinajstić information content (AvgIpc) is 2.29. The van der Waals surface area contributed by atoms with Gasteiger partial charge < -0.3 is 5.11 Å². The molecular formula is C13H12BrNO4. The van der Waals surface area contributed by atoms with Crippen LogP contribution >= 0.6 is 15.9 Å². The first kappa shape index (κ1) is 13.7. The van der Waals surface area contributed by atoms with Crippen molar-refractivity contribution in [1.29, 1.82) is 0 Å². The minimum atomic E-state index is -1.10. The third-order valence-corrected chi connectivity index (χ3v) is 3.65. The summed E-state index contributed by atoms with van der Waals surface area (Å²) in [5, 5.41) is 8.97. The minimum Gasteiger partial charge on any atom is -0.478 e. The Labute approximate surface area is 118 Å². The Kier molecular flexibility index (Phi) is 3.71. The van der Waals surface area contributed by atoms with Crippen molar-refractivity contribution in [2.75, 3.05) is 4.90 Å². The molecule has 1 N–H and O–H groups in total. The van der Waals surface area contributed by atoms with E-state index in [9.17, 15) is 14.4 Å². The molecule has 0 atom stereocenters. The molecule has 1 saturated heterocycles. The Morgan fingerprint density at radius 2 is 1.89 bits per heavy atom. The SMILES string of the molecule is CC1CC(=O)N(c2cc(C(=O)O)ccc2Br)C(=O)C1. The van der Waals surface area contributed by atoms with Crippen molar-refractivity contribution in [3.63, 3.8) is 0 Å². The summed E-state index contributed by atoms with van der Waals surface area (Å²) in [6, 6.07) is 4.27. The van der Waals surface area contributed by atoms with E-state index in [0.29, 0.717) is 10.2 Å². The Bertz CT molecular complexity index is 552. The lowest BCUT2D eigenvalue weighted by molar-refractivity contribution is -0.130. The van der Waals surface area contributed by atoms with E-state index in [1.165, 1.54) is 18.2 Å². The number of carboxylic acids is 1. The summed E-state index contributed by atoms with van der Waals surface area (Å²) in [5.74, 6) is -1.67. The van der Waals surface area contributed by atoms with Crippen LogP contribution in [-0.2, 0) is 9.59 Å². The molecule has 1 fully saturated rings. The smallest absolute Gasteiger partial charge is 0.335 e. The van der Waals surface area contributed by atoms with Gasteiger partial charge in [-0.1, -0.05) is 6.92 Å². The zero-order valence-corrected chi connectivity index (χ0v) is 11.8. The second-order valence-electron chi connectivity index (χ2n) is 4.61. The number of carboxylic acid groups (broad SMARTS) is 1. The first-order valence-electron chi connectivity index (χ1n) is 5.78. The zero-order valence-electron chi connectivity index (χ0n) is 10.2. The molecule has 0 aromatic heterocycles. The maximum Gasteiger partial charge on any atom is 0.335 e. The van der Waals surface area contributed by atoms with Crippen molar-refractivity contribution in [1.82, 2.24) is 0 Å². The number of carbonyl (C=O) groups excluding carboxylic acids is 2. The zero-order chi connectivity index (χ0) is 14.2. The standard InChI is InChI=1S/C13H12BrNO4/c1-7-4-11(16)15(12(17)5-7)10-6-8(13(18)19)2-3-9(10)14/h2-3,6-7H,4-5H2,1H3,(H,18,19). The summed E-state index contributed by atoms with van der Waals surface area (Å²) in [6.45, 7) is 1.84. The number of halogens is 1. The molecule has 0 saturated carbocycles. The van der Waals surface area contributed by atoms with E-state index in [2.05, 4.69) is 15.9 Å². The quantitative estimate of drug-likeness (QED) is 0.847. The molecule has 1 aliphatic rings. The highest BCUT2D eigenvalue weighted by atomic mass is 79.9. The summed E-state index contributed by atoms with van der Waals surface area (Å²) in [4.78, 5) is 36.0.